The molecular weight excluding hydrogens is 164 g/mol. The van der Waals surface area contributed by atoms with Crippen LogP contribution in [0.5, 0.6) is 0 Å². The van der Waals surface area contributed by atoms with Gasteiger partial charge in [0.1, 0.15) is 5.82 Å². The zero-order valence-corrected chi connectivity index (χ0v) is 8.40. The number of nitrogens with zero attached hydrogens (tertiary/aromatic N) is 3. The molecule has 0 fully saturated rings. The van der Waals surface area contributed by atoms with E-state index in [1.54, 1.807) is 0 Å². The lowest BCUT2D eigenvalue weighted by atomic mass is 10.3. The molecule has 0 atom stereocenters. The molecule has 4 nitrogen and oxygen atoms in total. The normalized spacial score (nSPS) is 11.1. The molecule has 1 aromatic heterocycles. The van der Waals surface area contributed by atoms with Gasteiger partial charge in [0.2, 0.25) is 0 Å². The van der Waals surface area contributed by atoms with E-state index in [0.717, 1.165) is 31.9 Å². The van der Waals surface area contributed by atoms with Gasteiger partial charge in [-0.1, -0.05) is 0 Å². The van der Waals surface area contributed by atoms with Crippen LogP contribution in [0.2, 0.25) is 0 Å². The smallest absolute Gasteiger partial charge is 0.109 e. The predicted molar refractivity (Wildman–Crippen MR) is 53.5 cm³/mol. The second kappa shape index (κ2) is 4.99. The van der Waals surface area contributed by atoms with Crippen LogP contribution in [0.25, 0.3) is 0 Å². The lowest BCUT2D eigenvalue weighted by Gasteiger charge is -2.14. The van der Waals surface area contributed by atoms with E-state index >= 15 is 0 Å². The van der Waals surface area contributed by atoms with Gasteiger partial charge in [-0.2, -0.15) is 0 Å². The van der Waals surface area contributed by atoms with Gasteiger partial charge in [0.15, 0.2) is 0 Å². The first-order valence-corrected chi connectivity index (χ1v) is 4.59. The summed E-state index contributed by atoms with van der Waals surface area (Å²) in [5.41, 5.74) is 5.45. The molecule has 0 aliphatic rings. The highest BCUT2D eigenvalue weighted by Gasteiger charge is 2.01. The number of likely N-dealkylation sites (N-methyl/N-ethyl adjacent to an activating group) is 1. The van der Waals surface area contributed by atoms with Crippen LogP contribution >= 0.6 is 0 Å². The molecular formula is C9H18N4. The first kappa shape index (κ1) is 10.2. The molecule has 0 bridgehead atoms. The molecule has 0 aromatic carbocycles. The fourth-order valence-corrected chi connectivity index (χ4v) is 1.26. The number of hydrogen-bond donors (Lipinski definition) is 1. The predicted octanol–water partition coefficient (Wildman–Crippen LogP) is -0.147. The van der Waals surface area contributed by atoms with Crippen molar-refractivity contribution in [1.82, 2.24) is 14.5 Å². The number of nitrogens with two attached hydrogens (primary N) is 1. The minimum absolute atomic E-state index is 0.719. The van der Waals surface area contributed by atoms with E-state index in [4.69, 9.17) is 5.73 Å². The molecule has 1 heterocycles. The summed E-state index contributed by atoms with van der Waals surface area (Å²) in [5, 5.41) is 0. The molecule has 0 saturated carbocycles. The molecule has 0 radical (unpaired) electrons. The SMILES string of the molecule is CN(CCN)CCc1nccn1C. The highest BCUT2D eigenvalue weighted by atomic mass is 15.1. The standard InChI is InChI=1S/C9H18N4/c1-12(7-4-10)6-3-9-11-5-8-13(9)2/h5,8H,3-4,6-7,10H2,1-2H3. The topological polar surface area (TPSA) is 47.1 Å². The molecule has 0 spiro atoms. The Morgan fingerprint density at radius 1 is 1.54 bits per heavy atom. The summed E-state index contributed by atoms with van der Waals surface area (Å²) in [6.45, 7) is 2.68. The highest BCUT2D eigenvalue weighted by molar-refractivity contribution is 4.91. The molecule has 74 valence electrons. The molecule has 1 rings (SSSR count). The average Bonchev–Trinajstić information content (AvgIpc) is 2.48. The van der Waals surface area contributed by atoms with Crippen LogP contribution in [-0.4, -0.2) is 41.1 Å². The van der Waals surface area contributed by atoms with Crippen LogP contribution in [0.3, 0.4) is 0 Å². The van der Waals surface area contributed by atoms with E-state index in [1.807, 2.05) is 19.4 Å². The first-order chi connectivity index (χ1) is 6.24. The van der Waals surface area contributed by atoms with Crippen molar-refractivity contribution in [3.63, 3.8) is 0 Å². The summed E-state index contributed by atoms with van der Waals surface area (Å²) in [5.74, 6) is 1.13. The van der Waals surface area contributed by atoms with Crippen molar-refractivity contribution in [3.05, 3.63) is 18.2 Å². The molecule has 1 aromatic rings. The number of aryl methyl sites for hydroxylation is 1. The van der Waals surface area contributed by atoms with Crippen molar-refractivity contribution in [3.8, 4) is 0 Å². The van der Waals surface area contributed by atoms with Crippen molar-refractivity contribution in [2.24, 2.45) is 12.8 Å². The average molecular weight is 182 g/mol. The van der Waals surface area contributed by atoms with Gasteiger partial charge in [-0.05, 0) is 7.05 Å². The fraction of sp³-hybridized carbons (Fsp3) is 0.667. The number of rotatable bonds is 5. The van der Waals surface area contributed by atoms with Crippen LogP contribution in [0.1, 0.15) is 5.82 Å². The zero-order valence-electron chi connectivity index (χ0n) is 8.40. The largest absolute Gasteiger partial charge is 0.338 e. The summed E-state index contributed by atoms with van der Waals surface area (Å²) in [6.07, 6.45) is 4.79. The zero-order chi connectivity index (χ0) is 9.68. The van der Waals surface area contributed by atoms with Gasteiger partial charge in [0.25, 0.3) is 0 Å². The van der Waals surface area contributed by atoms with E-state index < -0.39 is 0 Å². The molecule has 13 heavy (non-hydrogen) atoms. The van der Waals surface area contributed by atoms with Crippen molar-refractivity contribution in [2.75, 3.05) is 26.7 Å². The Morgan fingerprint density at radius 3 is 2.85 bits per heavy atom. The van der Waals surface area contributed by atoms with Crippen LogP contribution in [0.4, 0.5) is 0 Å². The van der Waals surface area contributed by atoms with Crippen LogP contribution in [-0.2, 0) is 13.5 Å². The van der Waals surface area contributed by atoms with Crippen molar-refractivity contribution >= 4 is 0 Å². The summed E-state index contributed by atoms with van der Waals surface area (Å²) < 4.78 is 2.05. The summed E-state index contributed by atoms with van der Waals surface area (Å²) in [6, 6.07) is 0. The maximum atomic E-state index is 5.45. The molecule has 0 aliphatic heterocycles. The Bertz CT molecular complexity index is 244. The Morgan fingerprint density at radius 2 is 2.31 bits per heavy atom. The van der Waals surface area contributed by atoms with E-state index in [9.17, 15) is 0 Å². The molecule has 0 saturated heterocycles. The Hall–Kier alpha value is -0.870. The first-order valence-electron chi connectivity index (χ1n) is 4.59. The summed E-state index contributed by atoms with van der Waals surface area (Å²) in [7, 11) is 4.10. The van der Waals surface area contributed by atoms with Gasteiger partial charge >= 0.3 is 0 Å². The number of imidazole rings is 1. The highest BCUT2D eigenvalue weighted by Crippen LogP contribution is 1.96. The van der Waals surface area contributed by atoms with E-state index in [1.165, 1.54) is 0 Å². The van der Waals surface area contributed by atoms with Crippen LogP contribution in [0.15, 0.2) is 12.4 Å². The van der Waals surface area contributed by atoms with Crippen molar-refractivity contribution in [1.29, 1.82) is 0 Å². The Kier molecular flexibility index (Phi) is 3.92. The fourth-order valence-electron chi connectivity index (χ4n) is 1.26. The number of hydrogen-bond acceptors (Lipinski definition) is 3. The number of aromatic nitrogens is 2. The third-order valence-corrected chi connectivity index (χ3v) is 2.15. The minimum Gasteiger partial charge on any atom is -0.338 e. The molecule has 0 unspecified atom stereocenters. The Labute approximate surface area is 79.4 Å². The molecule has 0 amide bonds. The monoisotopic (exact) mass is 182 g/mol. The van der Waals surface area contributed by atoms with E-state index in [0.29, 0.717) is 0 Å². The molecule has 0 aliphatic carbocycles. The maximum absolute atomic E-state index is 5.45. The lowest BCUT2D eigenvalue weighted by molar-refractivity contribution is 0.344. The minimum atomic E-state index is 0.719. The van der Waals surface area contributed by atoms with Crippen LogP contribution < -0.4 is 5.73 Å². The van der Waals surface area contributed by atoms with Crippen molar-refractivity contribution in [2.45, 2.75) is 6.42 Å². The van der Waals surface area contributed by atoms with Gasteiger partial charge < -0.3 is 15.2 Å². The Balaban J connectivity index is 2.30. The second-order valence-electron chi connectivity index (χ2n) is 3.30. The molecule has 2 N–H and O–H groups in total. The third-order valence-electron chi connectivity index (χ3n) is 2.15. The van der Waals surface area contributed by atoms with Crippen LogP contribution in [0, 0.1) is 0 Å². The molecule has 4 heteroatoms. The summed E-state index contributed by atoms with van der Waals surface area (Å²) >= 11 is 0. The quantitative estimate of drug-likeness (QED) is 0.689. The van der Waals surface area contributed by atoms with E-state index in [-0.39, 0.29) is 0 Å². The van der Waals surface area contributed by atoms with Crippen molar-refractivity contribution < 1.29 is 0 Å². The van der Waals surface area contributed by atoms with E-state index in [2.05, 4.69) is 21.5 Å². The van der Waals surface area contributed by atoms with Gasteiger partial charge in [0.05, 0.1) is 0 Å². The second-order valence-corrected chi connectivity index (χ2v) is 3.30. The summed E-state index contributed by atoms with van der Waals surface area (Å²) in [4.78, 5) is 6.47. The van der Waals surface area contributed by atoms with Gasteiger partial charge in [0, 0.05) is 45.5 Å². The lowest BCUT2D eigenvalue weighted by Crippen LogP contribution is -2.27. The van der Waals surface area contributed by atoms with Gasteiger partial charge in [-0.15, -0.1) is 0 Å². The third kappa shape index (κ3) is 3.16. The maximum Gasteiger partial charge on any atom is 0.109 e. The van der Waals surface area contributed by atoms with Gasteiger partial charge in [-0.25, -0.2) is 4.98 Å². The van der Waals surface area contributed by atoms with Gasteiger partial charge in [-0.3, -0.25) is 0 Å².